The zero-order valence-corrected chi connectivity index (χ0v) is 17.9. The molecule has 1 unspecified atom stereocenters. The smallest absolute Gasteiger partial charge is 0.414 e. The third kappa shape index (κ3) is 6.00. The van der Waals surface area contributed by atoms with Gasteiger partial charge in [-0.05, 0) is 35.4 Å². The standard InChI is InChI=1S/C18H15N5O2.C2H2O4.C2H5/c1-22-16-10-14(6-7-15(16)20-21-22)17(23-9-8-19-11-23)12-2-4-13(5-3-12)18(24)25;3-1(4)2(5)6;1-2/h2-11,17H,1H3,(H,24,25);(H,3,4)(H,5,6);1H2,2H3. The van der Waals surface area contributed by atoms with Crippen LogP contribution in [0.2, 0.25) is 0 Å². The lowest BCUT2D eigenvalue weighted by Crippen LogP contribution is -2.11. The fraction of sp³-hybridized carbons (Fsp3) is 0.136. The highest BCUT2D eigenvalue weighted by atomic mass is 16.4. The quantitative estimate of drug-likeness (QED) is 0.395. The molecular weight excluding hydrogens is 430 g/mol. The van der Waals surface area contributed by atoms with Crippen molar-refractivity contribution in [2.24, 2.45) is 7.05 Å². The third-order valence-electron chi connectivity index (χ3n) is 4.43. The van der Waals surface area contributed by atoms with Gasteiger partial charge in [-0.2, -0.15) is 0 Å². The second-order valence-corrected chi connectivity index (χ2v) is 6.41. The highest BCUT2D eigenvalue weighted by Gasteiger charge is 2.18. The number of rotatable bonds is 4. The Morgan fingerprint density at radius 1 is 0.939 bits per heavy atom. The summed E-state index contributed by atoms with van der Waals surface area (Å²) < 4.78 is 3.72. The van der Waals surface area contributed by atoms with Gasteiger partial charge in [-0.15, -0.1) is 5.10 Å². The Kier molecular flexibility index (Phi) is 8.38. The molecule has 11 nitrogen and oxygen atoms in total. The van der Waals surface area contributed by atoms with Gasteiger partial charge in [-0.1, -0.05) is 37.3 Å². The first kappa shape index (κ1) is 24.7. The normalized spacial score (nSPS) is 10.9. The Morgan fingerprint density at radius 3 is 2.06 bits per heavy atom. The summed E-state index contributed by atoms with van der Waals surface area (Å²) in [6.45, 7) is 5.00. The first-order chi connectivity index (χ1) is 15.8. The molecule has 0 fully saturated rings. The van der Waals surface area contributed by atoms with Crippen molar-refractivity contribution in [1.29, 1.82) is 0 Å². The van der Waals surface area contributed by atoms with Gasteiger partial charge in [0.25, 0.3) is 0 Å². The number of nitrogens with zero attached hydrogens (tertiary/aromatic N) is 5. The maximum absolute atomic E-state index is 11.1. The summed E-state index contributed by atoms with van der Waals surface area (Å²) >= 11 is 0. The number of carboxylic acids is 3. The maximum Gasteiger partial charge on any atom is 0.414 e. The zero-order valence-electron chi connectivity index (χ0n) is 17.9. The average molecular weight is 452 g/mol. The van der Waals surface area contributed by atoms with Gasteiger partial charge in [0, 0.05) is 19.4 Å². The van der Waals surface area contributed by atoms with Crippen LogP contribution in [0, 0.1) is 6.92 Å². The van der Waals surface area contributed by atoms with E-state index in [0.717, 1.165) is 22.2 Å². The summed E-state index contributed by atoms with van der Waals surface area (Å²) in [4.78, 5) is 33.5. The number of carbonyl (C=O) groups is 3. The molecule has 3 N–H and O–H groups in total. The molecule has 2 aromatic heterocycles. The van der Waals surface area contributed by atoms with E-state index in [2.05, 4.69) is 22.2 Å². The topological polar surface area (TPSA) is 160 Å². The molecule has 4 aromatic rings. The van der Waals surface area contributed by atoms with E-state index in [1.54, 1.807) is 36.3 Å². The number of aliphatic carboxylic acids is 2. The van der Waals surface area contributed by atoms with Crippen LogP contribution in [-0.2, 0) is 16.6 Å². The summed E-state index contributed by atoms with van der Waals surface area (Å²) in [5.41, 5.74) is 4.04. The van der Waals surface area contributed by atoms with Gasteiger partial charge in [-0.3, -0.25) is 0 Å². The number of aromatic carboxylic acids is 1. The van der Waals surface area contributed by atoms with Crippen molar-refractivity contribution in [3.8, 4) is 0 Å². The van der Waals surface area contributed by atoms with Gasteiger partial charge in [0.05, 0.1) is 23.4 Å². The molecule has 0 aliphatic carbocycles. The van der Waals surface area contributed by atoms with Gasteiger partial charge in [0.1, 0.15) is 5.52 Å². The summed E-state index contributed by atoms with van der Waals surface area (Å²) in [5, 5.41) is 32.0. The van der Waals surface area contributed by atoms with Gasteiger partial charge >= 0.3 is 17.9 Å². The molecule has 33 heavy (non-hydrogen) atoms. The maximum atomic E-state index is 11.1. The van der Waals surface area contributed by atoms with Crippen LogP contribution < -0.4 is 0 Å². The molecule has 0 amide bonds. The molecule has 0 bridgehead atoms. The lowest BCUT2D eigenvalue weighted by atomic mass is 9.97. The Bertz CT molecular complexity index is 1220. The van der Waals surface area contributed by atoms with Gasteiger partial charge in [0.2, 0.25) is 0 Å². The van der Waals surface area contributed by atoms with Crippen LogP contribution in [0.5, 0.6) is 0 Å². The van der Waals surface area contributed by atoms with Crippen molar-refractivity contribution < 1.29 is 29.7 Å². The van der Waals surface area contributed by atoms with E-state index in [1.165, 1.54) is 0 Å². The van der Waals surface area contributed by atoms with Crippen LogP contribution in [0.15, 0.2) is 61.2 Å². The molecule has 0 saturated carbocycles. The van der Waals surface area contributed by atoms with Crippen molar-refractivity contribution in [3.63, 3.8) is 0 Å². The van der Waals surface area contributed by atoms with Crippen LogP contribution >= 0.6 is 0 Å². The van der Waals surface area contributed by atoms with Crippen LogP contribution in [0.1, 0.15) is 34.5 Å². The summed E-state index contributed by atoms with van der Waals surface area (Å²) in [7, 11) is 1.85. The molecule has 0 aliphatic rings. The first-order valence-electron chi connectivity index (χ1n) is 9.55. The highest BCUT2D eigenvalue weighted by Crippen LogP contribution is 2.28. The minimum atomic E-state index is -1.82. The van der Waals surface area contributed by atoms with Crippen molar-refractivity contribution in [3.05, 3.63) is 84.8 Å². The Labute approximate surface area is 188 Å². The van der Waals surface area contributed by atoms with Crippen molar-refractivity contribution >= 4 is 28.9 Å². The number of aryl methyl sites for hydroxylation is 1. The van der Waals surface area contributed by atoms with Crippen LogP contribution in [0.25, 0.3) is 11.0 Å². The number of fused-ring (bicyclic) bond motifs is 1. The van der Waals surface area contributed by atoms with E-state index < -0.39 is 17.9 Å². The Balaban J connectivity index is 0.000000421. The zero-order chi connectivity index (χ0) is 24.5. The molecule has 2 heterocycles. The van der Waals surface area contributed by atoms with E-state index in [-0.39, 0.29) is 11.6 Å². The predicted molar refractivity (Wildman–Crippen MR) is 118 cm³/mol. The largest absolute Gasteiger partial charge is 0.478 e. The minimum Gasteiger partial charge on any atom is -0.478 e. The molecule has 0 aliphatic heterocycles. The monoisotopic (exact) mass is 452 g/mol. The minimum absolute atomic E-state index is 0.121. The van der Waals surface area contributed by atoms with E-state index >= 15 is 0 Å². The molecule has 0 spiro atoms. The van der Waals surface area contributed by atoms with E-state index in [1.807, 2.05) is 48.1 Å². The molecular formula is C22H22N5O6. The first-order valence-corrected chi connectivity index (χ1v) is 9.55. The number of imidazole rings is 1. The van der Waals surface area contributed by atoms with Crippen LogP contribution in [-0.4, -0.2) is 57.8 Å². The number of benzene rings is 2. The van der Waals surface area contributed by atoms with E-state index in [4.69, 9.17) is 24.9 Å². The number of carboxylic acid groups (broad SMARTS) is 3. The van der Waals surface area contributed by atoms with Crippen molar-refractivity contribution in [2.45, 2.75) is 13.0 Å². The Hall–Kier alpha value is -4.54. The summed E-state index contributed by atoms with van der Waals surface area (Å²) in [5.74, 6) is -4.59. The van der Waals surface area contributed by atoms with Crippen LogP contribution in [0.3, 0.4) is 0 Å². The molecule has 0 saturated heterocycles. The predicted octanol–water partition coefficient (Wildman–Crippen LogP) is 2.50. The lowest BCUT2D eigenvalue weighted by molar-refractivity contribution is -0.159. The van der Waals surface area contributed by atoms with Gasteiger partial charge in [0.15, 0.2) is 0 Å². The summed E-state index contributed by atoms with van der Waals surface area (Å²) in [6, 6.07) is 12.8. The van der Waals surface area contributed by atoms with Crippen molar-refractivity contribution in [2.75, 3.05) is 0 Å². The molecule has 1 radical (unpaired) electrons. The van der Waals surface area contributed by atoms with Gasteiger partial charge < -0.3 is 19.9 Å². The summed E-state index contributed by atoms with van der Waals surface area (Å²) in [6.07, 6.45) is 5.37. The fourth-order valence-electron chi connectivity index (χ4n) is 2.98. The third-order valence-corrected chi connectivity index (χ3v) is 4.43. The fourth-order valence-corrected chi connectivity index (χ4v) is 2.98. The average Bonchev–Trinajstić information content (AvgIpc) is 3.47. The molecule has 11 heteroatoms. The SMILES string of the molecule is Cn1nnc2ccc(C(c3ccc(C(=O)O)cc3)n3ccnc3)cc21.O=C(O)C(=O)O.[CH2]C. The number of hydrogen-bond acceptors (Lipinski definition) is 6. The Morgan fingerprint density at radius 2 is 1.55 bits per heavy atom. The second kappa shape index (κ2) is 11.2. The highest BCUT2D eigenvalue weighted by molar-refractivity contribution is 6.27. The molecule has 171 valence electrons. The number of aromatic nitrogens is 5. The van der Waals surface area contributed by atoms with E-state index in [0.29, 0.717) is 0 Å². The van der Waals surface area contributed by atoms with Crippen molar-refractivity contribution in [1.82, 2.24) is 24.5 Å². The molecule has 1 atom stereocenters. The molecule has 4 rings (SSSR count). The van der Waals surface area contributed by atoms with Gasteiger partial charge in [-0.25, -0.2) is 24.0 Å². The van der Waals surface area contributed by atoms with E-state index in [9.17, 15) is 4.79 Å². The lowest BCUT2D eigenvalue weighted by Gasteiger charge is -2.20. The van der Waals surface area contributed by atoms with Crippen LogP contribution in [0.4, 0.5) is 0 Å². The second-order valence-electron chi connectivity index (χ2n) is 6.41. The molecule has 2 aromatic carbocycles. The number of hydrogen-bond donors (Lipinski definition) is 3.